The highest BCUT2D eigenvalue weighted by Crippen LogP contribution is 2.13. The van der Waals surface area contributed by atoms with Crippen molar-refractivity contribution in [3.8, 4) is 0 Å². The van der Waals surface area contributed by atoms with Gasteiger partial charge in [-0.3, -0.25) is 4.68 Å². The van der Waals surface area contributed by atoms with Crippen molar-refractivity contribution < 1.29 is 0 Å². The van der Waals surface area contributed by atoms with E-state index in [1.165, 1.54) is 11.1 Å². The first-order valence-corrected chi connectivity index (χ1v) is 11.1. The van der Waals surface area contributed by atoms with E-state index in [1.54, 1.807) is 6.20 Å². The van der Waals surface area contributed by atoms with E-state index >= 15 is 0 Å². The molecule has 0 aliphatic carbocycles. The molecule has 0 amide bonds. The predicted octanol–water partition coefficient (Wildman–Crippen LogP) is 3.98. The van der Waals surface area contributed by atoms with Crippen LogP contribution in [0.5, 0.6) is 0 Å². The molecule has 1 unspecified atom stereocenters. The van der Waals surface area contributed by atoms with E-state index in [1.807, 2.05) is 59.7 Å². The van der Waals surface area contributed by atoms with E-state index < -0.39 is 0 Å². The summed E-state index contributed by atoms with van der Waals surface area (Å²) in [5.74, 6) is 2.46. The molecule has 0 saturated carbocycles. The van der Waals surface area contributed by atoms with Crippen LogP contribution >= 0.6 is 24.0 Å². The molecule has 178 valence electrons. The molecule has 34 heavy (non-hydrogen) atoms. The molecule has 2 N–H and O–H groups in total. The number of nitrogens with zero attached hydrogens (tertiary/aromatic N) is 6. The maximum Gasteiger partial charge on any atom is 0.192 e. The lowest BCUT2D eigenvalue weighted by Crippen LogP contribution is -2.39. The van der Waals surface area contributed by atoms with Gasteiger partial charge in [-0.25, -0.2) is 4.99 Å². The molecule has 1 atom stereocenters. The van der Waals surface area contributed by atoms with Gasteiger partial charge in [-0.05, 0) is 36.6 Å². The van der Waals surface area contributed by atoms with Gasteiger partial charge in [-0.1, -0.05) is 54.6 Å². The normalized spacial score (nSPS) is 12.1. The molecule has 0 spiro atoms. The molecule has 0 saturated heterocycles. The number of rotatable bonds is 8. The fourth-order valence-corrected chi connectivity index (χ4v) is 3.55. The molecule has 4 aromatic rings. The number of benzene rings is 2. The molecular weight excluding hydrogens is 539 g/mol. The molecule has 2 heterocycles. The van der Waals surface area contributed by atoms with Crippen LogP contribution in [-0.4, -0.2) is 30.5 Å². The van der Waals surface area contributed by atoms with Gasteiger partial charge in [-0.15, -0.1) is 34.2 Å². The van der Waals surface area contributed by atoms with Gasteiger partial charge in [0.25, 0.3) is 0 Å². The Morgan fingerprint density at radius 3 is 2.41 bits per heavy atom. The number of aromatic nitrogens is 5. The van der Waals surface area contributed by atoms with Crippen LogP contribution in [0.15, 0.2) is 78.0 Å². The molecule has 0 aliphatic heterocycles. The molecule has 0 aliphatic rings. The summed E-state index contributed by atoms with van der Waals surface area (Å²) >= 11 is 0. The number of nitrogens with one attached hydrogen (secondary N) is 2. The van der Waals surface area contributed by atoms with Gasteiger partial charge in [0.05, 0.1) is 25.7 Å². The third-order valence-corrected chi connectivity index (χ3v) is 5.67. The fourth-order valence-electron chi connectivity index (χ4n) is 3.55. The second-order valence-corrected chi connectivity index (χ2v) is 7.99. The predicted molar refractivity (Wildman–Crippen MR) is 145 cm³/mol. The van der Waals surface area contributed by atoms with Gasteiger partial charge in [0.1, 0.15) is 5.82 Å². The standard InChI is InChI=1S/C25H30N8.HI/c1-19(21-10-5-4-6-11-21)29-25(27-17-24-31-30-20(2)32(24)3)26-16-22-12-7-8-13-23(22)18-33-15-9-14-28-33;/h4-15,19H,16-18H2,1-3H3,(H2,26,27,29);1H. The number of hydrogen-bond acceptors (Lipinski definition) is 4. The van der Waals surface area contributed by atoms with Crippen molar-refractivity contribution >= 4 is 29.9 Å². The molecular formula is C25H31IN8. The Labute approximate surface area is 217 Å². The summed E-state index contributed by atoms with van der Waals surface area (Å²) in [6, 6.07) is 20.7. The Morgan fingerprint density at radius 1 is 1.00 bits per heavy atom. The maximum absolute atomic E-state index is 4.91. The Morgan fingerprint density at radius 2 is 1.74 bits per heavy atom. The van der Waals surface area contributed by atoms with Crippen molar-refractivity contribution in [1.29, 1.82) is 0 Å². The summed E-state index contributed by atoms with van der Waals surface area (Å²) in [6.07, 6.45) is 3.77. The highest BCUT2D eigenvalue weighted by Gasteiger charge is 2.11. The quantitative estimate of drug-likeness (QED) is 0.190. The molecule has 8 nitrogen and oxygen atoms in total. The summed E-state index contributed by atoms with van der Waals surface area (Å²) in [5.41, 5.74) is 3.56. The first-order chi connectivity index (χ1) is 16.1. The van der Waals surface area contributed by atoms with Crippen molar-refractivity contribution in [2.24, 2.45) is 12.0 Å². The van der Waals surface area contributed by atoms with E-state index in [4.69, 9.17) is 4.99 Å². The minimum absolute atomic E-state index is 0. The van der Waals surface area contributed by atoms with E-state index in [-0.39, 0.29) is 30.0 Å². The number of aliphatic imine (C=N–C) groups is 1. The summed E-state index contributed by atoms with van der Waals surface area (Å²) in [7, 11) is 1.97. The Bertz CT molecular complexity index is 1180. The fraction of sp³-hybridized carbons (Fsp3) is 0.280. The van der Waals surface area contributed by atoms with Crippen molar-refractivity contribution in [2.45, 2.75) is 39.5 Å². The number of hydrogen-bond donors (Lipinski definition) is 2. The number of aryl methyl sites for hydroxylation is 1. The molecule has 9 heteroatoms. The SMILES string of the molecule is Cc1nnc(CNC(=NCc2ccccc2Cn2cccn2)NC(C)c2ccccc2)n1C.I. The zero-order valence-corrected chi connectivity index (χ0v) is 22.0. The molecule has 0 fully saturated rings. The maximum atomic E-state index is 4.91. The van der Waals surface area contributed by atoms with Crippen LogP contribution in [0.4, 0.5) is 0 Å². The van der Waals surface area contributed by atoms with Crippen molar-refractivity contribution in [3.63, 3.8) is 0 Å². The summed E-state index contributed by atoms with van der Waals surface area (Å²) < 4.78 is 3.90. The number of guanidine groups is 1. The van der Waals surface area contributed by atoms with Crippen LogP contribution < -0.4 is 10.6 Å². The van der Waals surface area contributed by atoms with Crippen LogP contribution in [0.25, 0.3) is 0 Å². The largest absolute Gasteiger partial charge is 0.350 e. The summed E-state index contributed by atoms with van der Waals surface area (Å²) in [5, 5.41) is 19.7. The summed E-state index contributed by atoms with van der Waals surface area (Å²) in [4.78, 5) is 4.91. The van der Waals surface area contributed by atoms with Crippen LogP contribution in [0.3, 0.4) is 0 Å². The van der Waals surface area contributed by atoms with Crippen molar-refractivity contribution in [2.75, 3.05) is 0 Å². The van der Waals surface area contributed by atoms with Crippen LogP contribution in [0.1, 0.15) is 41.3 Å². The van der Waals surface area contributed by atoms with Gasteiger partial charge >= 0.3 is 0 Å². The van der Waals surface area contributed by atoms with Gasteiger partial charge in [0.2, 0.25) is 0 Å². The third kappa shape index (κ3) is 6.66. The van der Waals surface area contributed by atoms with E-state index in [0.29, 0.717) is 19.6 Å². The van der Waals surface area contributed by atoms with Gasteiger partial charge in [0, 0.05) is 19.4 Å². The highest BCUT2D eigenvalue weighted by atomic mass is 127. The van der Waals surface area contributed by atoms with Crippen molar-refractivity contribution in [1.82, 2.24) is 35.2 Å². The summed E-state index contributed by atoms with van der Waals surface area (Å²) in [6.45, 7) is 5.86. The first-order valence-electron chi connectivity index (χ1n) is 11.1. The van der Waals surface area contributed by atoms with Gasteiger partial charge < -0.3 is 15.2 Å². The molecule has 2 aromatic carbocycles. The zero-order chi connectivity index (χ0) is 23.0. The second-order valence-electron chi connectivity index (χ2n) is 7.99. The van der Waals surface area contributed by atoms with E-state index in [0.717, 1.165) is 23.2 Å². The van der Waals surface area contributed by atoms with Gasteiger partial charge in [0.15, 0.2) is 11.8 Å². The highest BCUT2D eigenvalue weighted by molar-refractivity contribution is 14.0. The van der Waals surface area contributed by atoms with E-state index in [2.05, 4.69) is 63.2 Å². The molecule has 0 radical (unpaired) electrons. The lowest BCUT2D eigenvalue weighted by Gasteiger charge is -2.19. The lowest BCUT2D eigenvalue weighted by atomic mass is 10.1. The minimum Gasteiger partial charge on any atom is -0.350 e. The smallest absolute Gasteiger partial charge is 0.192 e. The number of halogens is 1. The zero-order valence-electron chi connectivity index (χ0n) is 19.7. The Balaban J connectivity index is 0.00000324. The lowest BCUT2D eigenvalue weighted by molar-refractivity contribution is 0.661. The Kier molecular flexibility index (Phi) is 9.20. The van der Waals surface area contributed by atoms with Crippen LogP contribution in [-0.2, 0) is 26.7 Å². The molecule has 0 bridgehead atoms. The topological polar surface area (TPSA) is 85.0 Å². The first kappa shape index (κ1) is 25.4. The van der Waals surface area contributed by atoms with E-state index in [9.17, 15) is 0 Å². The molecule has 4 rings (SSSR count). The average Bonchev–Trinajstić information content (AvgIpc) is 3.47. The second kappa shape index (κ2) is 12.3. The minimum atomic E-state index is 0. The Hall–Kier alpha value is -3.21. The van der Waals surface area contributed by atoms with Crippen LogP contribution in [0, 0.1) is 6.92 Å². The average molecular weight is 570 g/mol. The monoisotopic (exact) mass is 570 g/mol. The van der Waals surface area contributed by atoms with Gasteiger partial charge in [-0.2, -0.15) is 5.10 Å². The molecule has 2 aromatic heterocycles. The third-order valence-electron chi connectivity index (χ3n) is 5.67. The van der Waals surface area contributed by atoms with Crippen LogP contribution in [0.2, 0.25) is 0 Å². The van der Waals surface area contributed by atoms with Crippen molar-refractivity contribution in [3.05, 3.63) is 101 Å².